The van der Waals surface area contributed by atoms with E-state index >= 15 is 0 Å². The van der Waals surface area contributed by atoms with E-state index in [0.29, 0.717) is 0 Å². The van der Waals surface area contributed by atoms with Gasteiger partial charge < -0.3 is 10.7 Å². The molecule has 1 aromatic heterocycles. The van der Waals surface area contributed by atoms with Gasteiger partial charge >= 0.3 is 6.18 Å². The molecule has 0 atom stereocenters. The second kappa shape index (κ2) is 4.84. The molecule has 1 amide bonds. The Morgan fingerprint density at radius 1 is 1.15 bits per heavy atom. The van der Waals surface area contributed by atoms with Crippen molar-refractivity contribution in [2.75, 3.05) is 0 Å². The Bertz CT molecular complexity index is 720. The van der Waals surface area contributed by atoms with Crippen molar-refractivity contribution in [2.24, 2.45) is 5.73 Å². The summed E-state index contributed by atoms with van der Waals surface area (Å²) in [7, 11) is 0. The van der Waals surface area contributed by atoms with Gasteiger partial charge in [-0.3, -0.25) is 9.59 Å². The summed E-state index contributed by atoms with van der Waals surface area (Å²) >= 11 is 0. The summed E-state index contributed by atoms with van der Waals surface area (Å²) < 4.78 is 38.1. The van der Waals surface area contributed by atoms with Crippen LogP contribution in [0.4, 0.5) is 13.2 Å². The van der Waals surface area contributed by atoms with Gasteiger partial charge in [-0.2, -0.15) is 13.2 Å². The normalized spacial score (nSPS) is 11.3. The number of hydrogen-bond donors (Lipinski definition) is 2. The average molecular weight is 282 g/mol. The summed E-state index contributed by atoms with van der Waals surface area (Å²) in [6.07, 6.45) is -3.27. The van der Waals surface area contributed by atoms with Crippen molar-refractivity contribution in [1.82, 2.24) is 4.98 Å². The lowest BCUT2D eigenvalue weighted by atomic mass is 9.97. The number of aromatic amines is 1. The number of hydrogen-bond acceptors (Lipinski definition) is 2. The minimum absolute atomic E-state index is 0.0292. The van der Waals surface area contributed by atoms with E-state index in [4.69, 9.17) is 5.73 Å². The summed E-state index contributed by atoms with van der Waals surface area (Å²) in [5.74, 6) is -0.867. The van der Waals surface area contributed by atoms with Crippen LogP contribution in [-0.2, 0) is 6.18 Å². The lowest BCUT2D eigenvalue weighted by molar-refractivity contribution is -0.137. The van der Waals surface area contributed by atoms with E-state index in [-0.39, 0.29) is 16.7 Å². The number of H-pyrrole nitrogens is 1. The van der Waals surface area contributed by atoms with E-state index < -0.39 is 23.2 Å². The Balaban J connectivity index is 2.71. The van der Waals surface area contributed by atoms with Crippen molar-refractivity contribution in [3.05, 3.63) is 58.0 Å². The molecule has 2 aromatic rings. The van der Waals surface area contributed by atoms with Crippen LogP contribution in [0.3, 0.4) is 0 Å². The van der Waals surface area contributed by atoms with E-state index in [9.17, 15) is 22.8 Å². The number of amides is 1. The number of nitrogens with two attached hydrogens (primary N) is 1. The van der Waals surface area contributed by atoms with Crippen LogP contribution in [0.1, 0.15) is 15.9 Å². The summed E-state index contributed by atoms with van der Waals surface area (Å²) in [4.78, 5) is 24.9. The highest BCUT2D eigenvalue weighted by atomic mass is 19.4. The Labute approximate surface area is 111 Å². The molecule has 0 radical (unpaired) electrons. The first-order valence-electron chi connectivity index (χ1n) is 5.49. The monoisotopic (exact) mass is 282 g/mol. The van der Waals surface area contributed by atoms with Crippen molar-refractivity contribution in [3.8, 4) is 11.1 Å². The number of primary amides is 1. The third-order valence-corrected chi connectivity index (χ3v) is 2.70. The molecule has 0 saturated heterocycles. The minimum Gasteiger partial charge on any atom is -0.366 e. The molecule has 0 aliphatic rings. The maximum absolute atomic E-state index is 12.7. The second-order valence-corrected chi connectivity index (χ2v) is 4.06. The first-order chi connectivity index (χ1) is 9.29. The molecular formula is C13H9F3N2O2. The molecule has 0 bridgehead atoms. The predicted molar refractivity (Wildman–Crippen MR) is 66.0 cm³/mol. The van der Waals surface area contributed by atoms with Gasteiger partial charge in [-0.1, -0.05) is 0 Å². The summed E-state index contributed by atoms with van der Waals surface area (Å²) in [6.45, 7) is 0. The van der Waals surface area contributed by atoms with Crippen molar-refractivity contribution in [2.45, 2.75) is 6.18 Å². The van der Waals surface area contributed by atoms with Gasteiger partial charge in [-0.25, -0.2) is 0 Å². The van der Waals surface area contributed by atoms with E-state index in [1.165, 1.54) is 12.3 Å². The van der Waals surface area contributed by atoms with Crippen LogP contribution in [0.5, 0.6) is 0 Å². The summed E-state index contributed by atoms with van der Waals surface area (Å²) in [5.41, 5.74) is 3.81. The van der Waals surface area contributed by atoms with Crippen LogP contribution in [-0.4, -0.2) is 10.9 Å². The van der Waals surface area contributed by atoms with Gasteiger partial charge in [-0.05, 0) is 35.4 Å². The third kappa shape index (κ3) is 2.71. The number of carbonyl (C=O) groups excluding carboxylic acids is 1. The van der Waals surface area contributed by atoms with Gasteiger partial charge in [0, 0.05) is 17.8 Å². The molecule has 0 saturated carbocycles. The quantitative estimate of drug-likeness (QED) is 0.885. The molecule has 1 aromatic carbocycles. The van der Waals surface area contributed by atoms with Crippen LogP contribution in [0.25, 0.3) is 11.1 Å². The van der Waals surface area contributed by atoms with E-state index in [1.54, 1.807) is 0 Å². The molecular weight excluding hydrogens is 273 g/mol. The highest BCUT2D eigenvalue weighted by molar-refractivity contribution is 6.00. The number of rotatable bonds is 2. The highest BCUT2D eigenvalue weighted by Crippen LogP contribution is 2.33. The maximum Gasteiger partial charge on any atom is 0.416 e. The summed E-state index contributed by atoms with van der Waals surface area (Å²) in [5, 5.41) is 0. The standard InChI is InChI=1S/C13H9F3N2O2/c14-13(15,16)8-1-2-9(12(17)20)10(6-8)7-3-4-18-11(19)5-7/h1-6H,(H2,17,20)(H,18,19). The zero-order valence-corrected chi connectivity index (χ0v) is 9.99. The van der Waals surface area contributed by atoms with Crippen LogP contribution < -0.4 is 11.3 Å². The number of halogens is 3. The molecule has 2 rings (SSSR count). The molecule has 0 unspecified atom stereocenters. The molecule has 0 fully saturated rings. The van der Waals surface area contributed by atoms with Gasteiger partial charge in [0.2, 0.25) is 11.5 Å². The van der Waals surface area contributed by atoms with Crippen molar-refractivity contribution in [3.63, 3.8) is 0 Å². The number of aromatic nitrogens is 1. The first kappa shape index (κ1) is 13.9. The molecule has 0 aliphatic heterocycles. The third-order valence-electron chi connectivity index (χ3n) is 2.70. The largest absolute Gasteiger partial charge is 0.416 e. The van der Waals surface area contributed by atoms with Crippen LogP contribution in [0, 0.1) is 0 Å². The Kier molecular flexibility index (Phi) is 3.35. The van der Waals surface area contributed by atoms with Crippen LogP contribution in [0.2, 0.25) is 0 Å². The lowest BCUT2D eigenvalue weighted by Crippen LogP contribution is -2.14. The molecule has 20 heavy (non-hydrogen) atoms. The van der Waals surface area contributed by atoms with Gasteiger partial charge in [0.15, 0.2) is 0 Å². The molecule has 0 aliphatic carbocycles. The van der Waals surface area contributed by atoms with E-state index in [2.05, 4.69) is 4.98 Å². The molecule has 7 heteroatoms. The Morgan fingerprint density at radius 3 is 2.40 bits per heavy atom. The zero-order chi connectivity index (χ0) is 14.9. The van der Waals surface area contributed by atoms with E-state index in [1.807, 2.05) is 0 Å². The molecule has 4 nitrogen and oxygen atoms in total. The maximum atomic E-state index is 12.7. The van der Waals surface area contributed by atoms with Gasteiger partial charge in [0.05, 0.1) is 5.56 Å². The van der Waals surface area contributed by atoms with Crippen molar-refractivity contribution in [1.29, 1.82) is 0 Å². The number of alkyl halides is 3. The number of carbonyl (C=O) groups is 1. The van der Waals surface area contributed by atoms with Gasteiger partial charge in [0.25, 0.3) is 0 Å². The average Bonchev–Trinajstić information content (AvgIpc) is 2.37. The fraction of sp³-hybridized carbons (Fsp3) is 0.0769. The predicted octanol–water partition coefficient (Wildman–Crippen LogP) is 2.16. The van der Waals surface area contributed by atoms with Crippen LogP contribution >= 0.6 is 0 Å². The molecule has 3 N–H and O–H groups in total. The second-order valence-electron chi connectivity index (χ2n) is 4.06. The summed E-state index contributed by atoms with van der Waals surface area (Å²) in [6, 6.07) is 5.07. The number of pyridine rings is 1. The molecule has 0 spiro atoms. The number of benzene rings is 1. The highest BCUT2D eigenvalue weighted by Gasteiger charge is 2.31. The molecule has 1 heterocycles. The fourth-order valence-electron chi connectivity index (χ4n) is 1.79. The molecule has 104 valence electrons. The first-order valence-corrected chi connectivity index (χ1v) is 5.49. The SMILES string of the molecule is NC(=O)c1ccc(C(F)(F)F)cc1-c1cc[nH]c(=O)c1. The Hall–Kier alpha value is -2.57. The van der Waals surface area contributed by atoms with Gasteiger partial charge in [-0.15, -0.1) is 0 Å². The van der Waals surface area contributed by atoms with E-state index in [0.717, 1.165) is 24.3 Å². The van der Waals surface area contributed by atoms with Crippen molar-refractivity contribution < 1.29 is 18.0 Å². The topological polar surface area (TPSA) is 76.0 Å². The van der Waals surface area contributed by atoms with Crippen LogP contribution in [0.15, 0.2) is 41.3 Å². The smallest absolute Gasteiger partial charge is 0.366 e. The Morgan fingerprint density at radius 2 is 1.85 bits per heavy atom. The zero-order valence-electron chi connectivity index (χ0n) is 9.99. The van der Waals surface area contributed by atoms with Crippen molar-refractivity contribution >= 4 is 5.91 Å². The minimum atomic E-state index is -4.55. The number of nitrogens with one attached hydrogen (secondary N) is 1. The van der Waals surface area contributed by atoms with Gasteiger partial charge in [0.1, 0.15) is 0 Å². The lowest BCUT2D eigenvalue weighted by Gasteiger charge is -2.12. The fourth-order valence-corrected chi connectivity index (χ4v) is 1.79.